The molecule has 0 aromatic heterocycles. The Morgan fingerprint density at radius 1 is 0.931 bits per heavy atom. The minimum absolute atomic E-state index is 0.308. The lowest BCUT2D eigenvalue weighted by molar-refractivity contribution is 0.475. The van der Waals surface area contributed by atoms with Crippen LogP contribution in [0, 0.1) is 6.92 Å². The lowest BCUT2D eigenvalue weighted by atomic mass is 9.65. The van der Waals surface area contributed by atoms with Crippen LogP contribution in [0.1, 0.15) is 56.7 Å². The van der Waals surface area contributed by atoms with Crippen LogP contribution in [0.5, 0.6) is 5.75 Å². The van der Waals surface area contributed by atoms with E-state index < -0.39 is 0 Å². The average molecular weight is 383 g/mol. The van der Waals surface area contributed by atoms with Gasteiger partial charge in [-0.3, -0.25) is 0 Å². The second-order valence-corrected chi connectivity index (χ2v) is 8.29. The molecule has 148 valence electrons. The molecule has 0 amide bonds. The average Bonchev–Trinajstić information content (AvgIpc) is 2.99. The van der Waals surface area contributed by atoms with Crippen molar-refractivity contribution in [3.8, 4) is 5.75 Å². The van der Waals surface area contributed by atoms with Crippen molar-refractivity contribution >= 4 is 0 Å². The summed E-state index contributed by atoms with van der Waals surface area (Å²) in [6.45, 7) is 8.77. The molecule has 1 heteroatoms. The molecule has 1 unspecified atom stereocenters. The first-order valence-corrected chi connectivity index (χ1v) is 10.7. The molecule has 1 N–H and O–H groups in total. The number of aryl methyl sites for hydroxylation is 1. The predicted molar refractivity (Wildman–Crippen MR) is 122 cm³/mol. The Hall–Kier alpha value is -2.80. The van der Waals surface area contributed by atoms with Crippen LogP contribution in [0.2, 0.25) is 0 Å². The maximum atomic E-state index is 9.98. The van der Waals surface area contributed by atoms with Crippen LogP contribution < -0.4 is 0 Å². The quantitative estimate of drug-likeness (QED) is 0.587. The molecule has 4 rings (SSSR count). The van der Waals surface area contributed by atoms with Crippen molar-refractivity contribution < 1.29 is 5.11 Å². The third-order valence-corrected chi connectivity index (χ3v) is 6.45. The molecule has 1 nitrogen and oxygen atoms in total. The highest BCUT2D eigenvalue weighted by molar-refractivity contribution is 5.74. The van der Waals surface area contributed by atoms with Crippen molar-refractivity contribution in [2.75, 3.05) is 0 Å². The first-order valence-electron chi connectivity index (χ1n) is 10.7. The van der Waals surface area contributed by atoms with Gasteiger partial charge >= 0.3 is 0 Å². The number of hydrogen-bond donors (Lipinski definition) is 1. The summed E-state index contributed by atoms with van der Waals surface area (Å²) in [6, 6.07) is 16.8. The Kier molecular flexibility index (Phi) is 5.08. The van der Waals surface area contributed by atoms with E-state index in [1.807, 2.05) is 12.1 Å². The van der Waals surface area contributed by atoms with Crippen LogP contribution in [-0.4, -0.2) is 5.11 Å². The minimum Gasteiger partial charge on any atom is -0.508 e. The Bertz CT molecular complexity index is 981. The molecular weight excluding hydrogens is 352 g/mol. The summed E-state index contributed by atoms with van der Waals surface area (Å²) in [5.41, 5.74) is 10.7. The molecule has 2 aromatic carbocycles. The summed E-state index contributed by atoms with van der Waals surface area (Å²) in [5, 5.41) is 9.98. The van der Waals surface area contributed by atoms with E-state index in [2.05, 4.69) is 82.3 Å². The standard InChI is InChI=1S/C28H30O/c1-5-7-26-24(6-2)25-17-10-20(4)18-27(25)28(26,21-11-8-19(3)9-12-21)22-13-15-23(29)16-14-22/h5,7-9,11-16,18,29H,6,10,17H2,1-4H3/b7-5-. The Balaban J connectivity index is 2.14. The summed E-state index contributed by atoms with van der Waals surface area (Å²) < 4.78 is 0. The molecule has 0 spiro atoms. The van der Waals surface area contributed by atoms with Gasteiger partial charge < -0.3 is 5.11 Å². The minimum atomic E-state index is -0.337. The van der Waals surface area contributed by atoms with Crippen molar-refractivity contribution in [1.82, 2.24) is 0 Å². The van der Waals surface area contributed by atoms with Crippen LogP contribution in [0.15, 0.2) is 94.6 Å². The van der Waals surface area contributed by atoms with Crippen molar-refractivity contribution in [2.45, 2.75) is 52.4 Å². The SMILES string of the molecule is C/C=C\C1=C(CC)C2=C(C=C(C)CC2)C1(c1ccc(C)cc1)c1ccc(O)cc1. The van der Waals surface area contributed by atoms with Crippen LogP contribution in [0.3, 0.4) is 0 Å². The number of phenolic OH excluding ortho intramolecular Hbond substituents is 1. The van der Waals surface area contributed by atoms with Crippen LogP contribution >= 0.6 is 0 Å². The molecule has 2 aliphatic carbocycles. The monoisotopic (exact) mass is 382 g/mol. The lowest BCUT2D eigenvalue weighted by Gasteiger charge is -2.37. The molecule has 29 heavy (non-hydrogen) atoms. The lowest BCUT2D eigenvalue weighted by Crippen LogP contribution is -2.30. The predicted octanol–water partition coefficient (Wildman–Crippen LogP) is 7.32. The van der Waals surface area contributed by atoms with E-state index in [-0.39, 0.29) is 5.41 Å². The van der Waals surface area contributed by atoms with Crippen LogP contribution in [0.4, 0.5) is 0 Å². The van der Waals surface area contributed by atoms with E-state index in [9.17, 15) is 5.11 Å². The topological polar surface area (TPSA) is 20.2 Å². The second-order valence-electron chi connectivity index (χ2n) is 8.29. The number of benzene rings is 2. The maximum absolute atomic E-state index is 9.98. The summed E-state index contributed by atoms with van der Waals surface area (Å²) >= 11 is 0. The van der Waals surface area contributed by atoms with Crippen molar-refractivity contribution in [2.24, 2.45) is 0 Å². The number of phenols is 1. The molecule has 0 fully saturated rings. The highest BCUT2D eigenvalue weighted by Crippen LogP contribution is 2.57. The van der Waals surface area contributed by atoms with E-state index in [1.165, 1.54) is 44.6 Å². The largest absolute Gasteiger partial charge is 0.508 e. The third-order valence-electron chi connectivity index (χ3n) is 6.45. The number of rotatable bonds is 4. The fourth-order valence-electron chi connectivity index (χ4n) is 5.14. The zero-order valence-electron chi connectivity index (χ0n) is 17.9. The summed E-state index contributed by atoms with van der Waals surface area (Å²) in [5.74, 6) is 0.308. The van der Waals surface area contributed by atoms with E-state index in [1.54, 1.807) is 0 Å². The Morgan fingerprint density at radius 3 is 2.14 bits per heavy atom. The molecule has 0 saturated heterocycles. The highest BCUT2D eigenvalue weighted by Gasteiger charge is 2.47. The van der Waals surface area contributed by atoms with Gasteiger partial charge in [-0.25, -0.2) is 0 Å². The Labute approximate surface area is 174 Å². The molecule has 0 radical (unpaired) electrons. The third kappa shape index (κ3) is 3.00. The molecule has 1 atom stereocenters. The molecule has 2 aromatic rings. The van der Waals surface area contributed by atoms with E-state index in [0.717, 1.165) is 19.3 Å². The van der Waals surface area contributed by atoms with Gasteiger partial charge in [-0.1, -0.05) is 72.7 Å². The van der Waals surface area contributed by atoms with Gasteiger partial charge in [0, 0.05) is 0 Å². The fraction of sp³-hybridized carbons (Fsp3) is 0.286. The first-order chi connectivity index (χ1) is 14.0. The number of allylic oxidation sites excluding steroid dienone is 8. The molecular formula is C28H30O. The van der Waals surface area contributed by atoms with Gasteiger partial charge in [0.2, 0.25) is 0 Å². The zero-order valence-corrected chi connectivity index (χ0v) is 17.9. The van der Waals surface area contributed by atoms with Crippen LogP contribution in [-0.2, 0) is 5.41 Å². The summed E-state index contributed by atoms with van der Waals surface area (Å²) in [6.07, 6.45) is 10.2. The van der Waals surface area contributed by atoms with E-state index in [0.29, 0.717) is 5.75 Å². The number of hydrogen-bond acceptors (Lipinski definition) is 1. The van der Waals surface area contributed by atoms with Crippen molar-refractivity contribution in [1.29, 1.82) is 0 Å². The summed E-state index contributed by atoms with van der Waals surface area (Å²) in [4.78, 5) is 0. The molecule has 2 aliphatic rings. The molecule has 0 heterocycles. The smallest absolute Gasteiger partial charge is 0.115 e. The molecule has 0 bridgehead atoms. The second kappa shape index (κ2) is 7.55. The normalized spacial score (nSPS) is 21.7. The molecule has 0 saturated carbocycles. The zero-order chi connectivity index (χ0) is 20.6. The van der Waals surface area contributed by atoms with Gasteiger partial charge in [0.15, 0.2) is 0 Å². The van der Waals surface area contributed by atoms with E-state index in [4.69, 9.17) is 0 Å². The van der Waals surface area contributed by atoms with Gasteiger partial charge in [0.1, 0.15) is 5.75 Å². The van der Waals surface area contributed by atoms with Gasteiger partial charge in [-0.2, -0.15) is 0 Å². The van der Waals surface area contributed by atoms with Crippen LogP contribution in [0.25, 0.3) is 0 Å². The fourth-order valence-corrected chi connectivity index (χ4v) is 5.14. The Morgan fingerprint density at radius 2 is 1.55 bits per heavy atom. The van der Waals surface area contributed by atoms with Crippen molar-refractivity contribution in [3.63, 3.8) is 0 Å². The van der Waals surface area contributed by atoms with Gasteiger partial charge in [0.05, 0.1) is 5.41 Å². The maximum Gasteiger partial charge on any atom is 0.115 e. The van der Waals surface area contributed by atoms with Crippen molar-refractivity contribution in [3.05, 3.63) is 111 Å². The van der Waals surface area contributed by atoms with Gasteiger partial charge in [-0.05, 0) is 85.6 Å². The van der Waals surface area contributed by atoms with Gasteiger partial charge in [0.25, 0.3) is 0 Å². The number of aromatic hydroxyl groups is 1. The van der Waals surface area contributed by atoms with Gasteiger partial charge in [-0.15, -0.1) is 0 Å². The molecule has 0 aliphatic heterocycles. The first kappa shape index (κ1) is 19.5. The highest BCUT2D eigenvalue weighted by atomic mass is 16.3. The summed E-state index contributed by atoms with van der Waals surface area (Å²) in [7, 11) is 0. The van der Waals surface area contributed by atoms with E-state index >= 15 is 0 Å².